The van der Waals surface area contributed by atoms with Gasteiger partial charge in [-0.3, -0.25) is 0 Å². The number of carbonyl (C=O) groups excluding carboxylic acids is 1. The van der Waals surface area contributed by atoms with Crippen molar-refractivity contribution in [1.29, 1.82) is 0 Å². The number of hydrogen-bond acceptors (Lipinski definition) is 5. The van der Waals surface area contributed by atoms with Crippen molar-refractivity contribution in [2.75, 3.05) is 6.61 Å². The molecule has 0 spiro atoms. The highest BCUT2D eigenvalue weighted by Gasteiger charge is 2.71. The molecule has 1 heterocycles. The van der Waals surface area contributed by atoms with Gasteiger partial charge in [0.25, 0.3) is 0 Å². The zero-order chi connectivity index (χ0) is 26.3. The van der Waals surface area contributed by atoms with Crippen molar-refractivity contribution in [2.45, 2.75) is 122 Å². The van der Waals surface area contributed by atoms with Crippen molar-refractivity contribution in [3.05, 3.63) is 11.6 Å². The molecule has 4 fully saturated rings. The number of carbonyl (C=O) groups is 1. The molecule has 0 bridgehead atoms. The zero-order valence-electron chi connectivity index (χ0n) is 24.0. The average molecular weight is 535 g/mol. The second kappa shape index (κ2) is 8.77. The van der Waals surface area contributed by atoms with E-state index in [2.05, 4.69) is 53.1 Å². The molecule has 1 N–H and O–H groups in total. The Morgan fingerprint density at radius 1 is 0.917 bits per heavy atom. The van der Waals surface area contributed by atoms with Crippen LogP contribution in [-0.4, -0.2) is 52.1 Å². The molecular formula is C29H50O5Si2. The summed E-state index contributed by atoms with van der Waals surface area (Å²) in [5.74, 6) is 1.34. The average Bonchev–Trinajstić information content (AvgIpc) is 3.28. The lowest BCUT2D eigenvalue weighted by Gasteiger charge is -2.66. The summed E-state index contributed by atoms with van der Waals surface area (Å²) in [6.07, 6.45) is 10.6. The monoisotopic (exact) mass is 534 g/mol. The smallest absolute Gasteiger partial charge is 0.331 e. The van der Waals surface area contributed by atoms with Crippen molar-refractivity contribution in [3.63, 3.8) is 0 Å². The number of aliphatic hydroxyl groups is 1. The molecule has 0 amide bonds. The van der Waals surface area contributed by atoms with Gasteiger partial charge in [-0.2, -0.15) is 0 Å². The number of rotatable bonds is 5. The third-order valence-corrected chi connectivity index (χ3v) is 13.0. The summed E-state index contributed by atoms with van der Waals surface area (Å²) in [4.78, 5) is 12.0. The van der Waals surface area contributed by atoms with Crippen LogP contribution in [0.2, 0.25) is 39.3 Å². The van der Waals surface area contributed by atoms with Gasteiger partial charge in [0.2, 0.25) is 0 Å². The Kier molecular flexibility index (Phi) is 6.60. The number of ether oxygens (including phenoxy) is 1. The molecule has 0 radical (unpaired) electrons. The first kappa shape index (κ1) is 27.1. The summed E-state index contributed by atoms with van der Waals surface area (Å²) in [6, 6.07) is 0. The third-order valence-electron chi connectivity index (χ3n) is 11.0. The minimum absolute atomic E-state index is 0.00560. The summed E-state index contributed by atoms with van der Waals surface area (Å²) in [5.41, 5.74) is 0.140. The van der Waals surface area contributed by atoms with Gasteiger partial charge in [0.15, 0.2) is 16.6 Å². The van der Waals surface area contributed by atoms with Gasteiger partial charge in [0, 0.05) is 17.6 Å². The van der Waals surface area contributed by atoms with Crippen LogP contribution in [0.1, 0.15) is 65.2 Å². The molecule has 5 aliphatic rings. The molecule has 0 aromatic heterocycles. The van der Waals surface area contributed by atoms with Crippen LogP contribution >= 0.6 is 0 Å². The largest absolute Gasteiger partial charge is 0.458 e. The summed E-state index contributed by atoms with van der Waals surface area (Å²) in [5, 5.41) is 12.8. The highest BCUT2D eigenvalue weighted by atomic mass is 28.4. The minimum atomic E-state index is -1.87. The van der Waals surface area contributed by atoms with Crippen molar-refractivity contribution in [3.8, 4) is 0 Å². The van der Waals surface area contributed by atoms with E-state index in [0.717, 1.165) is 37.7 Å². The summed E-state index contributed by atoms with van der Waals surface area (Å²) >= 11 is 0. The molecule has 1 aliphatic heterocycles. The molecule has 0 aromatic rings. The Morgan fingerprint density at radius 3 is 2.22 bits per heavy atom. The molecule has 4 saturated carbocycles. The lowest BCUT2D eigenvalue weighted by molar-refractivity contribution is -0.241. The first-order chi connectivity index (χ1) is 16.6. The second-order valence-corrected chi connectivity index (χ2v) is 24.1. The summed E-state index contributed by atoms with van der Waals surface area (Å²) in [7, 11) is -3.43. The molecule has 4 aliphatic carbocycles. The van der Waals surface area contributed by atoms with Crippen LogP contribution in [0, 0.1) is 34.5 Å². The maximum absolute atomic E-state index is 12.8. The number of hydrogen-bond donors (Lipinski definition) is 1. The zero-order valence-corrected chi connectivity index (χ0v) is 26.0. The second-order valence-electron chi connectivity index (χ2n) is 15.2. The van der Waals surface area contributed by atoms with E-state index in [1.165, 1.54) is 19.3 Å². The van der Waals surface area contributed by atoms with Crippen LogP contribution in [0.4, 0.5) is 0 Å². The number of fused-ring (bicyclic) bond motifs is 5. The molecule has 0 unspecified atom stereocenters. The van der Waals surface area contributed by atoms with E-state index in [1.54, 1.807) is 6.08 Å². The van der Waals surface area contributed by atoms with Gasteiger partial charge >= 0.3 is 5.97 Å². The number of cyclic esters (lactones) is 1. The van der Waals surface area contributed by atoms with Crippen LogP contribution in [-0.2, 0) is 18.4 Å². The Bertz CT molecular complexity index is 922. The van der Waals surface area contributed by atoms with E-state index in [-0.39, 0.29) is 23.4 Å². The minimum Gasteiger partial charge on any atom is -0.458 e. The fraction of sp³-hybridized carbons (Fsp3) is 0.897. The standard InChI is InChI=1S/C29H50O5Si2/c1-27-13-11-21(33-35(3,4)5)16-20(27)9-10-23-24(27)17-25(34-36(6,7)8)28(2)22(12-14-29(23,28)31)19-15-26(30)32-18-19/h15,20-25,31H,9-14,16-18H2,1-8H3/t20-,21+,22-,23-,24+,25-,27+,28+,29+/m1/s1. The van der Waals surface area contributed by atoms with E-state index in [9.17, 15) is 9.90 Å². The Hall–Kier alpha value is -0.476. The topological polar surface area (TPSA) is 65.0 Å². The highest BCUT2D eigenvalue weighted by molar-refractivity contribution is 6.70. The third kappa shape index (κ3) is 4.33. The van der Waals surface area contributed by atoms with Crippen molar-refractivity contribution >= 4 is 22.6 Å². The van der Waals surface area contributed by atoms with Gasteiger partial charge in [-0.15, -0.1) is 0 Å². The van der Waals surface area contributed by atoms with E-state index in [4.69, 9.17) is 13.6 Å². The van der Waals surface area contributed by atoms with E-state index < -0.39 is 27.7 Å². The molecule has 0 saturated heterocycles. The molecule has 7 heteroatoms. The summed E-state index contributed by atoms with van der Waals surface area (Å²) in [6.45, 7) is 19.0. The lowest BCUT2D eigenvalue weighted by atomic mass is 9.42. The van der Waals surface area contributed by atoms with E-state index in [0.29, 0.717) is 30.5 Å². The maximum atomic E-state index is 12.8. The van der Waals surface area contributed by atoms with Gasteiger partial charge in [-0.25, -0.2) is 4.79 Å². The molecule has 0 aromatic carbocycles. The van der Waals surface area contributed by atoms with Gasteiger partial charge in [-0.1, -0.05) is 13.8 Å². The normalized spacial score (nSPS) is 47.0. The molecule has 5 nitrogen and oxygen atoms in total. The van der Waals surface area contributed by atoms with Gasteiger partial charge in [-0.05, 0) is 125 Å². The van der Waals surface area contributed by atoms with Gasteiger partial charge < -0.3 is 18.7 Å². The maximum Gasteiger partial charge on any atom is 0.331 e. The predicted molar refractivity (Wildman–Crippen MR) is 148 cm³/mol. The van der Waals surface area contributed by atoms with E-state index in [1.807, 2.05) is 0 Å². The first-order valence-electron chi connectivity index (χ1n) is 14.5. The highest BCUT2D eigenvalue weighted by Crippen LogP contribution is 2.70. The van der Waals surface area contributed by atoms with Gasteiger partial charge in [0.05, 0.1) is 11.7 Å². The first-order valence-corrected chi connectivity index (χ1v) is 21.3. The van der Waals surface area contributed by atoms with Crippen LogP contribution in [0.15, 0.2) is 11.6 Å². The fourth-order valence-electron chi connectivity index (χ4n) is 9.53. The fourth-order valence-corrected chi connectivity index (χ4v) is 11.9. The molecular weight excluding hydrogens is 484 g/mol. The summed E-state index contributed by atoms with van der Waals surface area (Å²) < 4.78 is 19.0. The van der Waals surface area contributed by atoms with Crippen LogP contribution in [0.3, 0.4) is 0 Å². The number of esters is 1. The van der Waals surface area contributed by atoms with E-state index >= 15 is 0 Å². The SMILES string of the molecule is C[C@]12CC[C@H](O[Si](C)(C)C)C[C@H]1CC[C@@H]1[C@@H]2C[C@@H](O[Si](C)(C)C)[C@]2(C)[C@@H](C3=CC(=O)OC3)CC[C@]12O. The molecule has 204 valence electrons. The van der Waals surface area contributed by atoms with Crippen molar-refractivity contribution in [2.24, 2.45) is 34.5 Å². The molecule has 9 atom stereocenters. The van der Waals surface area contributed by atoms with Crippen molar-refractivity contribution in [1.82, 2.24) is 0 Å². The Balaban J connectivity index is 1.49. The quantitative estimate of drug-likeness (QED) is 0.331. The lowest BCUT2D eigenvalue weighted by Crippen LogP contribution is -2.68. The van der Waals surface area contributed by atoms with Crippen molar-refractivity contribution < 1.29 is 23.5 Å². The van der Waals surface area contributed by atoms with Crippen LogP contribution < -0.4 is 0 Å². The predicted octanol–water partition coefficient (Wildman–Crippen LogP) is 6.29. The molecule has 5 rings (SSSR count). The Morgan fingerprint density at radius 2 is 1.61 bits per heavy atom. The molecule has 36 heavy (non-hydrogen) atoms. The van der Waals surface area contributed by atoms with Gasteiger partial charge in [0.1, 0.15) is 6.61 Å². The van der Waals surface area contributed by atoms with Crippen LogP contribution in [0.25, 0.3) is 0 Å². The van der Waals surface area contributed by atoms with Crippen LogP contribution in [0.5, 0.6) is 0 Å². The Labute approximate surface area is 221 Å².